The van der Waals surface area contributed by atoms with E-state index in [0.29, 0.717) is 5.56 Å². The summed E-state index contributed by atoms with van der Waals surface area (Å²) in [4.78, 5) is 9.50. The lowest BCUT2D eigenvalue weighted by Gasteiger charge is -2.35. The van der Waals surface area contributed by atoms with Crippen LogP contribution in [-0.4, -0.2) is 42.6 Å². The molecule has 0 spiro atoms. The number of anilines is 1. The number of pyridine rings is 1. The van der Waals surface area contributed by atoms with E-state index in [0.717, 1.165) is 30.5 Å². The predicted octanol–water partition coefficient (Wildman–Crippen LogP) is 2.57. The lowest BCUT2D eigenvalue weighted by molar-refractivity contribution is 0.249. The Morgan fingerprint density at radius 2 is 1.90 bits per heavy atom. The van der Waals surface area contributed by atoms with E-state index in [4.69, 9.17) is 0 Å². The zero-order valence-corrected chi connectivity index (χ0v) is 12.9. The second-order valence-corrected chi connectivity index (χ2v) is 6.37. The first-order valence-electron chi connectivity index (χ1n) is 8.11. The van der Waals surface area contributed by atoms with Crippen molar-refractivity contribution in [2.75, 3.05) is 37.6 Å². The Morgan fingerprint density at radius 1 is 1.19 bits per heavy atom. The highest BCUT2D eigenvalue weighted by molar-refractivity contribution is 5.54. The zero-order chi connectivity index (χ0) is 14.7. The first-order valence-corrected chi connectivity index (χ1v) is 8.11. The summed E-state index contributed by atoms with van der Waals surface area (Å²) in [6.07, 6.45) is 5.18. The summed E-state index contributed by atoms with van der Waals surface area (Å²) in [5.41, 5.74) is 1.70. The molecule has 0 saturated carbocycles. The van der Waals surface area contributed by atoms with Crippen molar-refractivity contribution in [3.63, 3.8) is 0 Å². The molecule has 1 aromatic rings. The van der Waals surface area contributed by atoms with Crippen LogP contribution in [0.15, 0.2) is 12.1 Å². The minimum atomic E-state index is 0.707. The number of hydrogen-bond donors (Lipinski definition) is 0. The van der Waals surface area contributed by atoms with Gasteiger partial charge in [-0.2, -0.15) is 5.26 Å². The van der Waals surface area contributed by atoms with E-state index >= 15 is 0 Å². The van der Waals surface area contributed by atoms with Crippen molar-refractivity contribution >= 4 is 5.82 Å². The molecule has 0 aromatic carbocycles. The Labute approximate surface area is 127 Å². The van der Waals surface area contributed by atoms with Gasteiger partial charge < -0.3 is 9.80 Å². The molecular weight excluding hydrogens is 260 g/mol. The fourth-order valence-electron chi connectivity index (χ4n) is 3.53. The Balaban J connectivity index is 1.60. The molecule has 4 heteroatoms. The number of nitrogens with zero attached hydrogens (tertiary/aromatic N) is 4. The van der Waals surface area contributed by atoms with Gasteiger partial charge in [-0.1, -0.05) is 0 Å². The van der Waals surface area contributed by atoms with Gasteiger partial charge in [0.05, 0.1) is 5.56 Å². The summed E-state index contributed by atoms with van der Waals surface area (Å²) in [6, 6.07) is 6.09. The van der Waals surface area contributed by atoms with E-state index in [1.165, 1.54) is 45.3 Å². The standard InChI is InChI=1S/C17H24N4/c1-14-4-5-16(12-18)17(19-14)21-10-6-15(7-11-21)13-20-8-2-3-9-20/h4-5,15H,2-3,6-11,13H2,1H3. The van der Waals surface area contributed by atoms with Crippen LogP contribution < -0.4 is 4.90 Å². The molecule has 2 saturated heterocycles. The molecule has 2 fully saturated rings. The van der Waals surface area contributed by atoms with Gasteiger partial charge in [0.2, 0.25) is 0 Å². The molecule has 4 nitrogen and oxygen atoms in total. The highest BCUT2D eigenvalue weighted by Gasteiger charge is 2.24. The number of likely N-dealkylation sites (tertiary alicyclic amines) is 1. The summed E-state index contributed by atoms with van der Waals surface area (Å²) in [7, 11) is 0. The van der Waals surface area contributed by atoms with Crippen LogP contribution in [0.5, 0.6) is 0 Å². The quantitative estimate of drug-likeness (QED) is 0.855. The number of hydrogen-bond acceptors (Lipinski definition) is 4. The maximum Gasteiger partial charge on any atom is 0.146 e. The van der Waals surface area contributed by atoms with E-state index < -0.39 is 0 Å². The fraction of sp³-hybridized carbons (Fsp3) is 0.647. The maximum atomic E-state index is 9.26. The van der Waals surface area contributed by atoms with Gasteiger partial charge in [-0.25, -0.2) is 4.98 Å². The van der Waals surface area contributed by atoms with Crippen LogP contribution in [0, 0.1) is 24.2 Å². The fourth-order valence-corrected chi connectivity index (χ4v) is 3.53. The third-order valence-electron chi connectivity index (χ3n) is 4.76. The van der Waals surface area contributed by atoms with Crippen LogP contribution in [0.25, 0.3) is 0 Å². The molecule has 3 heterocycles. The molecule has 1 aromatic heterocycles. The minimum Gasteiger partial charge on any atom is -0.355 e. The number of rotatable bonds is 3. The van der Waals surface area contributed by atoms with Gasteiger partial charge >= 0.3 is 0 Å². The zero-order valence-electron chi connectivity index (χ0n) is 12.9. The molecule has 2 aliphatic rings. The van der Waals surface area contributed by atoms with Gasteiger partial charge in [0.1, 0.15) is 11.9 Å². The molecular formula is C17H24N4. The van der Waals surface area contributed by atoms with Crippen LogP contribution >= 0.6 is 0 Å². The molecule has 21 heavy (non-hydrogen) atoms. The summed E-state index contributed by atoms with van der Waals surface area (Å²) in [6.45, 7) is 7.90. The predicted molar refractivity (Wildman–Crippen MR) is 84.3 cm³/mol. The first kappa shape index (κ1) is 14.3. The SMILES string of the molecule is Cc1ccc(C#N)c(N2CCC(CN3CCCC3)CC2)n1. The van der Waals surface area contributed by atoms with Crippen molar-refractivity contribution in [3.05, 3.63) is 23.4 Å². The van der Waals surface area contributed by atoms with E-state index in [-0.39, 0.29) is 0 Å². The lowest BCUT2D eigenvalue weighted by atomic mass is 9.96. The Bertz CT molecular complexity index is 520. The Kier molecular flexibility index (Phi) is 4.40. The van der Waals surface area contributed by atoms with Crippen molar-refractivity contribution < 1.29 is 0 Å². The smallest absolute Gasteiger partial charge is 0.146 e. The molecule has 2 aliphatic heterocycles. The summed E-state index contributed by atoms with van der Waals surface area (Å²) < 4.78 is 0. The number of aromatic nitrogens is 1. The van der Waals surface area contributed by atoms with Gasteiger partial charge in [-0.05, 0) is 63.7 Å². The van der Waals surface area contributed by atoms with E-state index in [2.05, 4.69) is 20.9 Å². The molecule has 0 atom stereocenters. The first-order chi connectivity index (χ1) is 10.3. The third-order valence-corrected chi connectivity index (χ3v) is 4.76. The molecule has 0 N–H and O–H groups in total. The van der Waals surface area contributed by atoms with Gasteiger partial charge in [0, 0.05) is 25.3 Å². The largest absolute Gasteiger partial charge is 0.355 e. The number of aryl methyl sites for hydroxylation is 1. The second kappa shape index (κ2) is 6.44. The van der Waals surface area contributed by atoms with E-state index in [9.17, 15) is 5.26 Å². The van der Waals surface area contributed by atoms with Gasteiger partial charge in [-0.15, -0.1) is 0 Å². The monoisotopic (exact) mass is 284 g/mol. The van der Waals surface area contributed by atoms with Crippen molar-refractivity contribution in [1.82, 2.24) is 9.88 Å². The summed E-state index contributed by atoms with van der Waals surface area (Å²) in [5, 5.41) is 9.26. The topological polar surface area (TPSA) is 43.2 Å². The van der Waals surface area contributed by atoms with E-state index in [1.54, 1.807) is 0 Å². The molecule has 0 radical (unpaired) electrons. The van der Waals surface area contributed by atoms with Crippen molar-refractivity contribution in [3.8, 4) is 6.07 Å². The molecule has 0 bridgehead atoms. The molecule has 0 amide bonds. The van der Waals surface area contributed by atoms with Crippen molar-refractivity contribution in [1.29, 1.82) is 5.26 Å². The average Bonchev–Trinajstić information content (AvgIpc) is 3.01. The van der Waals surface area contributed by atoms with Crippen molar-refractivity contribution in [2.24, 2.45) is 5.92 Å². The normalized spacial score (nSPS) is 20.7. The summed E-state index contributed by atoms with van der Waals surface area (Å²) >= 11 is 0. The van der Waals surface area contributed by atoms with Crippen LogP contribution in [0.1, 0.15) is 36.9 Å². The van der Waals surface area contributed by atoms with Crippen LogP contribution in [0.4, 0.5) is 5.82 Å². The highest BCUT2D eigenvalue weighted by Crippen LogP contribution is 2.26. The Morgan fingerprint density at radius 3 is 2.57 bits per heavy atom. The maximum absolute atomic E-state index is 9.26. The molecule has 0 unspecified atom stereocenters. The van der Waals surface area contributed by atoms with E-state index in [1.807, 2.05) is 19.1 Å². The van der Waals surface area contributed by atoms with Crippen molar-refractivity contribution in [2.45, 2.75) is 32.6 Å². The Hall–Kier alpha value is -1.60. The van der Waals surface area contributed by atoms with Crippen LogP contribution in [0.3, 0.4) is 0 Å². The minimum absolute atomic E-state index is 0.707. The van der Waals surface area contributed by atoms with Gasteiger partial charge in [0.25, 0.3) is 0 Å². The highest BCUT2D eigenvalue weighted by atomic mass is 15.2. The van der Waals surface area contributed by atoms with Gasteiger partial charge in [-0.3, -0.25) is 0 Å². The lowest BCUT2D eigenvalue weighted by Crippen LogP contribution is -2.38. The van der Waals surface area contributed by atoms with Crippen LogP contribution in [0.2, 0.25) is 0 Å². The van der Waals surface area contributed by atoms with Crippen LogP contribution in [-0.2, 0) is 0 Å². The molecule has 112 valence electrons. The average molecular weight is 284 g/mol. The van der Waals surface area contributed by atoms with Gasteiger partial charge in [0.15, 0.2) is 0 Å². The molecule has 0 aliphatic carbocycles. The third kappa shape index (κ3) is 3.36. The second-order valence-electron chi connectivity index (χ2n) is 6.37. The number of piperidine rings is 1. The molecule has 3 rings (SSSR count). The summed E-state index contributed by atoms with van der Waals surface area (Å²) in [5.74, 6) is 1.70. The number of nitriles is 1.